The van der Waals surface area contributed by atoms with Gasteiger partial charge in [-0.2, -0.15) is 10.4 Å². The SMILES string of the molecule is N#Cc1cncc(-c2c(/C=C/c3ccc4ccccc4n3)nc3c(N4CCOCC4)ccnn23)c1. The van der Waals surface area contributed by atoms with Crippen molar-refractivity contribution in [2.24, 2.45) is 0 Å². The maximum Gasteiger partial charge on any atom is 0.178 e. The van der Waals surface area contributed by atoms with Crippen LogP contribution in [0, 0.1) is 11.3 Å². The van der Waals surface area contributed by atoms with Gasteiger partial charge in [-0.05, 0) is 36.4 Å². The Morgan fingerprint density at radius 2 is 1.86 bits per heavy atom. The summed E-state index contributed by atoms with van der Waals surface area (Å²) >= 11 is 0. The van der Waals surface area contributed by atoms with Gasteiger partial charge in [-0.25, -0.2) is 14.5 Å². The molecule has 8 nitrogen and oxygen atoms in total. The molecule has 0 radical (unpaired) electrons. The number of aromatic nitrogens is 5. The second-order valence-electron chi connectivity index (χ2n) is 8.23. The summed E-state index contributed by atoms with van der Waals surface area (Å²) in [5.74, 6) is 0. The average molecular weight is 460 g/mol. The van der Waals surface area contributed by atoms with Crippen molar-refractivity contribution in [2.45, 2.75) is 0 Å². The summed E-state index contributed by atoms with van der Waals surface area (Å²) < 4.78 is 7.36. The summed E-state index contributed by atoms with van der Waals surface area (Å²) in [7, 11) is 0. The lowest BCUT2D eigenvalue weighted by molar-refractivity contribution is 0.123. The summed E-state index contributed by atoms with van der Waals surface area (Å²) in [5, 5.41) is 15.1. The Bertz CT molecular complexity index is 1610. The van der Waals surface area contributed by atoms with Gasteiger partial charge in [-0.3, -0.25) is 4.98 Å². The summed E-state index contributed by atoms with van der Waals surface area (Å²) in [5.41, 5.74) is 6.27. The summed E-state index contributed by atoms with van der Waals surface area (Å²) in [6.45, 7) is 2.94. The Hall–Kier alpha value is -4.61. The zero-order chi connectivity index (χ0) is 23.6. The highest BCUT2D eigenvalue weighted by molar-refractivity contribution is 5.84. The summed E-state index contributed by atoms with van der Waals surface area (Å²) in [4.78, 5) is 16.3. The Balaban J connectivity index is 1.51. The highest BCUT2D eigenvalue weighted by Gasteiger charge is 2.21. The molecule has 0 unspecified atom stereocenters. The van der Waals surface area contributed by atoms with Gasteiger partial charge in [0.15, 0.2) is 5.65 Å². The Morgan fingerprint density at radius 1 is 0.971 bits per heavy atom. The molecule has 0 bridgehead atoms. The number of anilines is 1. The number of rotatable bonds is 4. The van der Waals surface area contributed by atoms with Crippen molar-refractivity contribution in [3.8, 4) is 17.3 Å². The van der Waals surface area contributed by atoms with Crippen LogP contribution in [0.3, 0.4) is 0 Å². The maximum absolute atomic E-state index is 9.43. The molecule has 0 N–H and O–H groups in total. The highest BCUT2D eigenvalue weighted by atomic mass is 16.5. The van der Waals surface area contributed by atoms with E-state index in [1.165, 1.54) is 0 Å². The topological polar surface area (TPSA) is 92.2 Å². The van der Waals surface area contributed by atoms with Gasteiger partial charge in [0.25, 0.3) is 0 Å². The molecule has 0 atom stereocenters. The number of nitrogens with zero attached hydrogens (tertiary/aromatic N) is 7. The van der Waals surface area contributed by atoms with Crippen LogP contribution in [0.4, 0.5) is 5.69 Å². The molecule has 35 heavy (non-hydrogen) atoms. The van der Waals surface area contributed by atoms with Crippen LogP contribution in [0.25, 0.3) is 40.0 Å². The lowest BCUT2D eigenvalue weighted by atomic mass is 10.1. The second-order valence-corrected chi connectivity index (χ2v) is 8.23. The smallest absolute Gasteiger partial charge is 0.178 e. The highest BCUT2D eigenvalue weighted by Crippen LogP contribution is 2.30. The van der Waals surface area contributed by atoms with E-state index in [9.17, 15) is 5.26 Å². The minimum atomic E-state index is 0.480. The molecule has 1 fully saturated rings. The van der Waals surface area contributed by atoms with Gasteiger partial charge in [-0.15, -0.1) is 0 Å². The van der Waals surface area contributed by atoms with Crippen molar-refractivity contribution < 1.29 is 4.74 Å². The molecular weight excluding hydrogens is 438 g/mol. The van der Waals surface area contributed by atoms with Crippen molar-refractivity contribution >= 4 is 34.4 Å². The van der Waals surface area contributed by atoms with Crippen LogP contribution in [0.5, 0.6) is 0 Å². The van der Waals surface area contributed by atoms with Crippen molar-refractivity contribution in [1.82, 2.24) is 24.6 Å². The van der Waals surface area contributed by atoms with Gasteiger partial charge in [-0.1, -0.05) is 24.3 Å². The first-order valence-corrected chi connectivity index (χ1v) is 11.4. The zero-order valence-electron chi connectivity index (χ0n) is 18.9. The monoisotopic (exact) mass is 459 g/mol. The van der Waals surface area contributed by atoms with Crippen LogP contribution in [-0.4, -0.2) is 50.9 Å². The first kappa shape index (κ1) is 21.0. The van der Waals surface area contributed by atoms with Crippen LogP contribution in [0.2, 0.25) is 0 Å². The molecule has 5 heterocycles. The molecule has 0 spiro atoms. The molecule has 8 heteroatoms. The molecule has 6 rings (SSSR count). The summed E-state index contributed by atoms with van der Waals surface area (Å²) in [6.07, 6.45) is 8.96. The molecule has 0 amide bonds. The molecule has 1 aliphatic heterocycles. The number of fused-ring (bicyclic) bond motifs is 2. The third kappa shape index (κ3) is 3.98. The van der Waals surface area contributed by atoms with Gasteiger partial charge < -0.3 is 9.64 Å². The van der Waals surface area contributed by atoms with E-state index >= 15 is 0 Å². The number of hydrogen-bond acceptors (Lipinski definition) is 7. The van der Waals surface area contributed by atoms with E-state index in [1.54, 1.807) is 18.6 Å². The number of morpholine rings is 1. The van der Waals surface area contributed by atoms with Gasteiger partial charge in [0.1, 0.15) is 11.8 Å². The molecule has 170 valence electrons. The molecule has 1 aliphatic rings. The maximum atomic E-state index is 9.43. The molecular formula is C27H21N7O. The van der Waals surface area contributed by atoms with Crippen LogP contribution < -0.4 is 4.90 Å². The van der Waals surface area contributed by atoms with E-state index in [0.29, 0.717) is 18.8 Å². The molecule has 1 saturated heterocycles. The van der Waals surface area contributed by atoms with Crippen molar-refractivity contribution in [3.05, 3.63) is 84.1 Å². The first-order valence-electron chi connectivity index (χ1n) is 11.4. The van der Waals surface area contributed by atoms with E-state index in [1.807, 2.05) is 59.1 Å². The molecule has 0 aliphatic carbocycles. The van der Waals surface area contributed by atoms with Crippen LogP contribution in [0.1, 0.15) is 17.0 Å². The second kappa shape index (κ2) is 8.97. The van der Waals surface area contributed by atoms with Crippen molar-refractivity contribution in [2.75, 3.05) is 31.2 Å². The first-order chi connectivity index (χ1) is 17.3. The molecule has 5 aromatic rings. The number of hydrogen-bond donors (Lipinski definition) is 0. The van der Waals surface area contributed by atoms with Gasteiger partial charge in [0.05, 0.1) is 47.6 Å². The largest absolute Gasteiger partial charge is 0.378 e. The number of ether oxygens (including phenoxy) is 1. The number of benzene rings is 1. The normalized spacial score (nSPS) is 14.1. The van der Waals surface area contributed by atoms with Crippen LogP contribution in [-0.2, 0) is 4.74 Å². The quantitative estimate of drug-likeness (QED) is 0.397. The molecule has 0 saturated carbocycles. The minimum absolute atomic E-state index is 0.480. The Kier molecular flexibility index (Phi) is 5.37. The fourth-order valence-corrected chi connectivity index (χ4v) is 4.36. The number of nitriles is 1. The third-order valence-electron chi connectivity index (χ3n) is 6.05. The lowest BCUT2D eigenvalue weighted by Gasteiger charge is -2.28. The van der Waals surface area contributed by atoms with Crippen LogP contribution >= 0.6 is 0 Å². The predicted molar refractivity (Wildman–Crippen MR) is 135 cm³/mol. The van der Waals surface area contributed by atoms with Gasteiger partial charge in [0.2, 0.25) is 0 Å². The average Bonchev–Trinajstić information content (AvgIpc) is 3.31. The third-order valence-corrected chi connectivity index (χ3v) is 6.05. The fraction of sp³-hybridized carbons (Fsp3) is 0.148. The van der Waals surface area contributed by atoms with E-state index in [2.05, 4.69) is 27.1 Å². The van der Waals surface area contributed by atoms with E-state index in [0.717, 1.165) is 58.0 Å². The summed E-state index contributed by atoms with van der Waals surface area (Å²) in [6, 6.07) is 18.1. The standard InChI is InChI=1S/C27H21N7O/c28-16-19-15-21(18-29-17-19)26-24(8-7-22-6-5-20-3-1-2-4-23(20)31-22)32-27-25(9-10-30-34(26)27)33-11-13-35-14-12-33/h1-10,15,17-18H,11-14H2/b8-7+. The van der Waals surface area contributed by atoms with Crippen molar-refractivity contribution in [1.29, 1.82) is 5.26 Å². The fourth-order valence-electron chi connectivity index (χ4n) is 4.36. The zero-order valence-corrected chi connectivity index (χ0v) is 18.9. The number of imidazole rings is 1. The minimum Gasteiger partial charge on any atom is -0.378 e. The number of pyridine rings is 2. The van der Waals surface area contributed by atoms with E-state index in [-0.39, 0.29) is 0 Å². The Morgan fingerprint density at radius 3 is 2.74 bits per heavy atom. The van der Waals surface area contributed by atoms with E-state index < -0.39 is 0 Å². The van der Waals surface area contributed by atoms with Crippen LogP contribution in [0.15, 0.2) is 67.1 Å². The van der Waals surface area contributed by atoms with Gasteiger partial charge in [0, 0.05) is 36.4 Å². The molecule has 4 aromatic heterocycles. The van der Waals surface area contributed by atoms with Crippen molar-refractivity contribution in [3.63, 3.8) is 0 Å². The Labute approximate surface area is 201 Å². The van der Waals surface area contributed by atoms with E-state index in [4.69, 9.17) is 14.7 Å². The lowest BCUT2D eigenvalue weighted by Crippen LogP contribution is -2.36. The predicted octanol–water partition coefficient (Wildman–Crippen LogP) is 4.22. The number of para-hydroxylation sites is 1. The molecule has 1 aromatic carbocycles. The van der Waals surface area contributed by atoms with Gasteiger partial charge >= 0.3 is 0 Å².